The van der Waals surface area contributed by atoms with Crippen molar-refractivity contribution in [2.75, 3.05) is 36.2 Å². The molecule has 2 aliphatic heterocycles. The van der Waals surface area contributed by atoms with E-state index in [0.29, 0.717) is 30.3 Å². The van der Waals surface area contributed by atoms with Crippen molar-refractivity contribution in [3.63, 3.8) is 0 Å². The standard InChI is InChI=1S/C37H63N7O7S2/c1-9-24(7)31-35(49)41-28(32(38)46)20-52-18-25(8)39-26(10-2)19-53-21-29(40-30(45)12-11-22(3)4)34(48)44-37(13-15-51-16-14-37)36(50)42-27(17-23(5)6)33(47)43-31/h10,22-24,27-29,31H,9,11-21H2,1-8H3,(H2,38,46)(H,40,45)(H,41,49)(H,42,50)(H,43,47)(H,44,48)/b26-10-,39-25+/t24-,27-,28-,29?,31-/m0/s1. The average molecular weight is 782 g/mol. The van der Waals surface area contributed by atoms with Gasteiger partial charge in [0.15, 0.2) is 0 Å². The van der Waals surface area contributed by atoms with Gasteiger partial charge in [0, 0.05) is 66.9 Å². The number of rotatable bonds is 9. The van der Waals surface area contributed by atoms with E-state index >= 15 is 0 Å². The Hall–Kier alpha value is -3.11. The number of amides is 6. The van der Waals surface area contributed by atoms with E-state index in [1.165, 1.54) is 23.5 Å². The SMILES string of the molecule is C/C=C1CSCC(NC(=O)CCC(C)C)C(=O)NC2(CCOCC2)C(=O)N[C@@H](CC(C)C)C(=O)N[C@@H]([C@@H](C)CC)C(=O)N[C@H](C(N)=O)CSC/C(C)=N/1. The Morgan fingerprint density at radius 2 is 1.62 bits per heavy atom. The van der Waals surface area contributed by atoms with Crippen molar-refractivity contribution in [2.24, 2.45) is 28.5 Å². The monoisotopic (exact) mass is 781 g/mol. The van der Waals surface area contributed by atoms with Crippen LogP contribution in [0.2, 0.25) is 0 Å². The number of nitrogens with two attached hydrogens (primary N) is 1. The summed E-state index contributed by atoms with van der Waals surface area (Å²) in [5.41, 5.74) is 5.84. The molecule has 1 unspecified atom stereocenters. The molecule has 0 bridgehead atoms. The topological polar surface area (TPSA) is 210 Å². The molecule has 1 spiro atoms. The van der Waals surface area contributed by atoms with Crippen molar-refractivity contribution in [2.45, 2.75) is 124 Å². The van der Waals surface area contributed by atoms with Gasteiger partial charge in [-0.2, -0.15) is 23.5 Å². The van der Waals surface area contributed by atoms with Crippen LogP contribution in [-0.4, -0.2) is 107 Å². The van der Waals surface area contributed by atoms with E-state index in [1.54, 1.807) is 0 Å². The molecule has 0 aromatic heterocycles. The van der Waals surface area contributed by atoms with Crippen LogP contribution in [0.4, 0.5) is 0 Å². The Morgan fingerprint density at radius 1 is 0.962 bits per heavy atom. The third-order valence-electron chi connectivity index (χ3n) is 9.32. The third-order valence-corrected chi connectivity index (χ3v) is 11.6. The van der Waals surface area contributed by atoms with Gasteiger partial charge < -0.3 is 37.1 Å². The first-order valence-corrected chi connectivity index (χ1v) is 21.1. The summed E-state index contributed by atoms with van der Waals surface area (Å²) in [5, 5.41) is 14.4. The largest absolute Gasteiger partial charge is 0.381 e. The second-order valence-corrected chi connectivity index (χ2v) is 16.9. The molecular weight excluding hydrogens is 719 g/mol. The predicted octanol–water partition coefficient (Wildman–Crippen LogP) is 2.45. The van der Waals surface area contributed by atoms with Gasteiger partial charge in [0.1, 0.15) is 29.7 Å². The van der Waals surface area contributed by atoms with Gasteiger partial charge in [0.25, 0.3) is 0 Å². The molecule has 2 rings (SSSR count). The first-order valence-electron chi connectivity index (χ1n) is 18.8. The molecule has 0 aliphatic carbocycles. The van der Waals surface area contributed by atoms with E-state index in [-0.39, 0.29) is 68.1 Å². The number of ether oxygens (including phenoxy) is 1. The Morgan fingerprint density at radius 3 is 2.21 bits per heavy atom. The first-order chi connectivity index (χ1) is 25.0. The van der Waals surface area contributed by atoms with Crippen molar-refractivity contribution in [3.8, 4) is 0 Å². The number of hydrogen-bond donors (Lipinski definition) is 6. The summed E-state index contributed by atoms with van der Waals surface area (Å²) in [6.07, 6.45) is 3.90. The van der Waals surface area contributed by atoms with Crippen LogP contribution in [0.25, 0.3) is 0 Å². The van der Waals surface area contributed by atoms with E-state index in [9.17, 15) is 28.8 Å². The highest BCUT2D eigenvalue weighted by molar-refractivity contribution is 8.00. The zero-order chi connectivity index (χ0) is 39.7. The molecule has 14 nitrogen and oxygen atoms in total. The van der Waals surface area contributed by atoms with E-state index in [2.05, 4.69) is 26.6 Å². The van der Waals surface area contributed by atoms with Crippen LogP contribution in [-0.2, 0) is 33.5 Å². The maximum absolute atomic E-state index is 14.3. The third kappa shape index (κ3) is 15.6. The molecule has 7 N–H and O–H groups in total. The summed E-state index contributed by atoms with van der Waals surface area (Å²) in [4.78, 5) is 86.2. The first kappa shape index (κ1) is 46.0. The molecule has 0 saturated carbocycles. The van der Waals surface area contributed by atoms with Gasteiger partial charge >= 0.3 is 0 Å². The molecule has 53 heavy (non-hydrogen) atoms. The zero-order valence-corrected chi connectivity index (χ0v) is 34.4. The smallest absolute Gasteiger partial charge is 0.246 e. The Bertz CT molecular complexity index is 1330. The van der Waals surface area contributed by atoms with Crippen molar-refractivity contribution >= 4 is 64.7 Å². The highest BCUT2D eigenvalue weighted by Gasteiger charge is 2.44. The quantitative estimate of drug-likeness (QED) is 0.203. The van der Waals surface area contributed by atoms with Crippen molar-refractivity contribution in [1.29, 1.82) is 0 Å². The van der Waals surface area contributed by atoms with E-state index in [4.69, 9.17) is 15.5 Å². The van der Waals surface area contributed by atoms with Gasteiger partial charge in [-0.1, -0.05) is 54.0 Å². The minimum atomic E-state index is -1.41. The van der Waals surface area contributed by atoms with Gasteiger partial charge in [-0.3, -0.25) is 33.8 Å². The summed E-state index contributed by atoms with van der Waals surface area (Å²) in [5.74, 6) is -1.83. The number of nitrogens with zero attached hydrogens (tertiary/aromatic N) is 1. The molecule has 0 aromatic rings. The minimum absolute atomic E-state index is 0.0199. The number of nitrogens with one attached hydrogen (secondary N) is 5. The molecule has 0 radical (unpaired) electrons. The van der Waals surface area contributed by atoms with E-state index < -0.39 is 59.2 Å². The zero-order valence-electron chi connectivity index (χ0n) is 32.8. The Labute approximate surface area is 323 Å². The maximum Gasteiger partial charge on any atom is 0.246 e. The highest BCUT2D eigenvalue weighted by Crippen LogP contribution is 2.23. The van der Waals surface area contributed by atoms with Crippen LogP contribution in [0.5, 0.6) is 0 Å². The summed E-state index contributed by atoms with van der Waals surface area (Å²) < 4.78 is 5.59. The fourth-order valence-electron chi connectivity index (χ4n) is 5.80. The number of hydrogen-bond acceptors (Lipinski definition) is 10. The van der Waals surface area contributed by atoms with E-state index in [1.807, 2.05) is 61.5 Å². The number of aliphatic imine (C=N–C) groups is 1. The molecular formula is C37H63N7O7S2. The van der Waals surface area contributed by atoms with Crippen LogP contribution in [0.3, 0.4) is 0 Å². The summed E-state index contributed by atoms with van der Waals surface area (Å²) >= 11 is 2.82. The fourth-order valence-corrected chi connectivity index (χ4v) is 7.79. The van der Waals surface area contributed by atoms with Crippen LogP contribution < -0.4 is 32.3 Å². The molecule has 300 valence electrons. The van der Waals surface area contributed by atoms with Crippen LogP contribution in [0.15, 0.2) is 16.8 Å². The van der Waals surface area contributed by atoms with Gasteiger partial charge in [0.05, 0.1) is 0 Å². The second kappa shape index (κ2) is 23.0. The summed E-state index contributed by atoms with van der Waals surface area (Å²) in [6, 6.07) is -3.99. The maximum atomic E-state index is 14.3. The molecule has 6 amide bonds. The lowest BCUT2D eigenvalue weighted by Crippen LogP contribution is -2.66. The molecule has 1 saturated heterocycles. The Balaban J connectivity index is 2.58. The number of primary amides is 1. The summed E-state index contributed by atoms with van der Waals surface area (Å²) in [6.45, 7) is 15.7. The van der Waals surface area contributed by atoms with Crippen molar-refractivity contribution < 1.29 is 33.5 Å². The predicted molar refractivity (Wildman–Crippen MR) is 212 cm³/mol. The lowest BCUT2D eigenvalue weighted by Gasteiger charge is -2.38. The lowest BCUT2D eigenvalue weighted by molar-refractivity contribution is -0.141. The minimum Gasteiger partial charge on any atom is -0.381 e. The molecule has 2 aliphatic rings. The average Bonchev–Trinajstić information content (AvgIpc) is 3.10. The molecule has 2 heterocycles. The van der Waals surface area contributed by atoms with Gasteiger partial charge in [-0.05, 0) is 44.4 Å². The normalized spacial score (nSPS) is 27.0. The van der Waals surface area contributed by atoms with Crippen LogP contribution in [0, 0.1) is 17.8 Å². The molecule has 16 heteroatoms. The lowest BCUT2D eigenvalue weighted by atomic mass is 9.87. The summed E-state index contributed by atoms with van der Waals surface area (Å²) in [7, 11) is 0. The van der Waals surface area contributed by atoms with Gasteiger partial charge in [-0.15, -0.1) is 0 Å². The number of thioether (sulfide) groups is 2. The molecule has 0 aromatic carbocycles. The van der Waals surface area contributed by atoms with Gasteiger partial charge in [0.2, 0.25) is 35.4 Å². The van der Waals surface area contributed by atoms with Crippen molar-refractivity contribution in [3.05, 3.63) is 11.8 Å². The highest BCUT2D eigenvalue weighted by atomic mass is 32.2. The molecule has 1 fully saturated rings. The molecule has 5 atom stereocenters. The number of allylic oxidation sites excluding steroid dienone is 1. The van der Waals surface area contributed by atoms with Crippen LogP contribution in [0.1, 0.15) is 93.9 Å². The Kier molecular flexibility index (Phi) is 19.9. The number of carbonyl (C=O) groups excluding carboxylic acids is 6. The van der Waals surface area contributed by atoms with Gasteiger partial charge in [-0.25, -0.2) is 0 Å². The van der Waals surface area contributed by atoms with Crippen molar-refractivity contribution in [1.82, 2.24) is 26.6 Å². The fraction of sp³-hybridized carbons (Fsp3) is 0.757. The number of carbonyl (C=O) groups is 6. The van der Waals surface area contributed by atoms with Crippen LogP contribution >= 0.6 is 23.5 Å². The second-order valence-electron chi connectivity index (χ2n) is 14.9. The van der Waals surface area contributed by atoms with E-state index in [0.717, 1.165) is 11.4 Å².